The summed E-state index contributed by atoms with van der Waals surface area (Å²) in [5, 5.41) is 14.4. The molecule has 0 aliphatic heterocycles. The van der Waals surface area contributed by atoms with Crippen LogP contribution in [0.15, 0.2) is 22.7 Å². The number of carbonyl (C=O) groups excluding carboxylic acids is 2. The predicted octanol–water partition coefficient (Wildman–Crippen LogP) is 1.02. The van der Waals surface area contributed by atoms with Gasteiger partial charge in [-0.15, -0.1) is 0 Å². The summed E-state index contributed by atoms with van der Waals surface area (Å²) in [6.07, 6.45) is 0. The molecule has 1 rings (SSSR count). The van der Waals surface area contributed by atoms with Crippen LogP contribution in [0.2, 0.25) is 0 Å². The Morgan fingerprint density at radius 3 is 2.65 bits per heavy atom. The van der Waals surface area contributed by atoms with Gasteiger partial charge < -0.3 is 15.7 Å². The highest BCUT2D eigenvalue weighted by molar-refractivity contribution is 9.10. The normalized spacial score (nSPS) is 9.76. The fourth-order valence-corrected chi connectivity index (χ4v) is 1.42. The fourth-order valence-electron chi connectivity index (χ4n) is 1.18. The van der Waals surface area contributed by atoms with Crippen molar-refractivity contribution < 1.29 is 14.7 Å². The topological polar surface area (TPSA) is 78.4 Å². The molecular weight excluding hydrogens is 288 g/mol. The Kier molecular flexibility index (Phi) is 4.96. The number of hydrogen-bond donors (Lipinski definition) is 3. The van der Waals surface area contributed by atoms with Crippen LogP contribution in [0.25, 0.3) is 0 Å². The molecule has 0 bridgehead atoms. The largest absolute Gasteiger partial charge is 0.507 e. The fraction of sp³-hybridized carbons (Fsp3) is 0.273. The number of nitrogens with one attached hydrogen (secondary N) is 2. The monoisotopic (exact) mass is 300 g/mol. The van der Waals surface area contributed by atoms with Crippen molar-refractivity contribution in [1.29, 1.82) is 0 Å². The first-order valence-corrected chi connectivity index (χ1v) is 5.87. The van der Waals surface area contributed by atoms with E-state index in [1.807, 2.05) is 0 Å². The van der Waals surface area contributed by atoms with Gasteiger partial charge in [0, 0.05) is 12.1 Å². The van der Waals surface area contributed by atoms with E-state index in [1.165, 1.54) is 6.07 Å². The van der Waals surface area contributed by atoms with Crippen molar-refractivity contribution in [2.75, 3.05) is 13.1 Å². The van der Waals surface area contributed by atoms with Gasteiger partial charge in [0.2, 0.25) is 5.91 Å². The molecule has 0 aromatic heterocycles. The molecule has 0 aliphatic rings. The summed E-state index contributed by atoms with van der Waals surface area (Å²) >= 11 is 3.12. The highest BCUT2D eigenvalue weighted by Gasteiger charge is 2.09. The van der Waals surface area contributed by atoms with Crippen molar-refractivity contribution in [3.05, 3.63) is 28.2 Å². The van der Waals surface area contributed by atoms with Crippen LogP contribution in [-0.4, -0.2) is 30.0 Å². The van der Waals surface area contributed by atoms with Crippen LogP contribution in [0.5, 0.6) is 5.75 Å². The number of phenols is 1. The molecule has 0 heterocycles. The lowest BCUT2D eigenvalue weighted by atomic mass is 10.2. The lowest BCUT2D eigenvalue weighted by Gasteiger charge is -2.06. The third-order valence-electron chi connectivity index (χ3n) is 1.99. The lowest BCUT2D eigenvalue weighted by molar-refractivity contribution is -0.120. The standard InChI is InChI=1S/C11H13BrN2O3/c1-2-13-10(16)6-14-11(17)7-3-4-8(12)9(15)5-7/h3-5,15H,2,6H2,1H3,(H,13,16)(H,14,17). The van der Waals surface area contributed by atoms with Crippen LogP contribution < -0.4 is 10.6 Å². The van der Waals surface area contributed by atoms with Gasteiger partial charge in [-0.25, -0.2) is 0 Å². The number of aromatic hydroxyl groups is 1. The van der Waals surface area contributed by atoms with Crippen LogP contribution in [0.1, 0.15) is 17.3 Å². The van der Waals surface area contributed by atoms with Gasteiger partial charge in [0.25, 0.3) is 5.91 Å². The predicted molar refractivity (Wildman–Crippen MR) is 66.8 cm³/mol. The summed E-state index contributed by atoms with van der Waals surface area (Å²) in [6.45, 7) is 2.24. The van der Waals surface area contributed by atoms with E-state index in [-0.39, 0.29) is 18.2 Å². The molecule has 2 amide bonds. The minimum Gasteiger partial charge on any atom is -0.507 e. The number of rotatable bonds is 4. The van der Waals surface area contributed by atoms with Gasteiger partial charge in [-0.3, -0.25) is 9.59 Å². The Bertz CT molecular complexity index is 435. The second-order valence-electron chi connectivity index (χ2n) is 3.30. The van der Waals surface area contributed by atoms with E-state index in [9.17, 15) is 14.7 Å². The number of phenolic OH excluding ortho intramolecular Hbond substituents is 1. The van der Waals surface area contributed by atoms with E-state index in [4.69, 9.17) is 0 Å². The Balaban J connectivity index is 2.58. The Labute approximate surface area is 107 Å². The molecule has 0 saturated carbocycles. The summed E-state index contributed by atoms with van der Waals surface area (Å²) in [4.78, 5) is 22.7. The summed E-state index contributed by atoms with van der Waals surface area (Å²) in [7, 11) is 0. The molecule has 6 heteroatoms. The molecule has 0 fully saturated rings. The van der Waals surface area contributed by atoms with Crippen molar-refractivity contribution in [1.82, 2.24) is 10.6 Å². The Morgan fingerprint density at radius 2 is 2.06 bits per heavy atom. The zero-order chi connectivity index (χ0) is 12.8. The SMILES string of the molecule is CCNC(=O)CNC(=O)c1ccc(Br)c(O)c1. The van der Waals surface area contributed by atoms with Gasteiger partial charge >= 0.3 is 0 Å². The molecule has 17 heavy (non-hydrogen) atoms. The molecule has 3 N–H and O–H groups in total. The van der Waals surface area contributed by atoms with Crippen LogP contribution in [0.3, 0.4) is 0 Å². The van der Waals surface area contributed by atoms with Gasteiger partial charge in [0.05, 0.1) is 11.0 Å². The van der Waals surface area contributed by atoms with Gasteiger partial charge in [0.15, 0.2) is 0 Å². The molecule has 92 valence electrons. The van der Waals surface area contributed by atoms with E-state index >= 15 is 0 Å². The van der Waals surface area contributed by atoms with E-state index in [2.05, 4.69) is 26.6 Å². The average molecular weight is 301 g/mol. The average Bonchev–Trinajstić information content (AvgIpc) is 2.30. The lowest BCUT2D eigenvalue weighted by Crippen LogP contribution is -2.36. The van der Waals surface area contributed by atoms with Crippen LogP contribution in [0, 0.1) is 0 Å². The number of halogens is 1. The molecule has 1 aromatic rings. The molecular formula is C11H13BrN2O3. The smallest absolute Gasteiger partial charge is 0.251 e. The first kappa shape index (κ1) is 13.5. The molecule has 5 nitrogen and oxygen atoms in total. The Morgan fingerprint density at radius 1 is 1.35 bits per heavy atom. The van der Waals surface area contributed by atoms with Gasteiger partial charge in [-0.1, -0.05) is 0 Å². The molecule has 0 aliphatic carbocycles. The molecule has 0 saturated heterocycles. The number of benzene rings is 1. The van der Waals surface area contributed by atoms with Gasteiger partial charge in [-0.05, 0) is 41.1 Å². The molecule has 0 spiro atoms. The highest BCUT2D eigenvalue weighted by atomic mass is 79.9. The quantitative estimate of drug-likeness (QED) is 0.777. The second kappa shape index (κ2) is 6.24. The minimum absolute atomic E-state index is 0.0179. The summed E-state index contributed by atoms with van der Waals surface area (Å²) in [5.74, 6) is -0.670. The molecule has 0 atom stereocenters. The van der Waals surface area contributed by atoms with E-state index in [0.29, 0.717) is 16.6 Å². The Hall–Kier alpha value is -1.56. The van der Waals surface area contributed by atoms with Gasteiger partial charge in [-0.2, -0.15) is 0 Å². The van der Waals surface area contributed by atoms with Crippen molar-refractivity contribution in [3.8, 4) is 5.75 Å². The number of amides is 2. The summed E-state index contributed by atoms with van der Waals surface area (Å²) < 4.78 is 0.512. The molecule has 1 aromatic carbocycles. The van der Waals surface area contributed by atoms with Crippen molar-refractivity contribution in [3.63, 3.8) is 0 Å². The maximum Gasteiger partial charge on any atom is 0.251 e. The zero-order valence-electron chi connectivity index (χ0n) is 9.29. The molecule has 0 unspecified atom stereocenters. The zero-order valence-corrected chi connectivity index (χ0v) is 10.9. The van der Waals surface area contributed by atoms with Crippen LogP contribution >= 0.6 is 15.9 Å². The number of carbonyl (C=O) groups is 2. The minimum atomic E-state index is -0.404. The van der Waals surface area contributed by atoms with E-state index in [0.717, 1.165) is 0 Å². The van der Waals surface area contributed by atoms with Gasteiger partial charge in [0.1, 0.15) is 5.75 Å². The number of hydrogen-bond acceptors (Lipinski definition) is 3. The second-order valence-corrected chi connectivity index (χ2v) is 4.16. The summed E-state index contributed by atoms with van der Waals surface area (Å²) in [6, 6.07) is 4.45. The molecule has 0 radical (unpaired) electrons. The van der Waals surface area contributed by atoms with E-state index < -0.39 is 5.91 Å². The highest BCUT2D eigenvalue weighted by Crippen LogP contribution is 2.24. The summed E-state index contributed by atoms with van der Waals surface area (Å²) in [5.41, 5.74) is 0.301. The van der Waals surface area contributed by atoms with Crippen LogP contribution in [-0.2, 0) is 4.79 Å². The van der Waals surface area contributed by atoms with Crippen LogP contribution in [0.4, 0.5) is 0 Å². The van der Waals surface area contributed by atoms with Crippen molar-refractivity contribution >= 4 is 27.7 Å². The van der Waals surface area contributed by atoms with Crippen molar-refractivity contribution in [2.45, 2.75) is 6.92 Å². The maximum atomic E-state index is 11.6. The third-order valence-corrected chi connectivity index (χ3v) is 2.66. The number of likely N-dealkylation sites (N-methyl/N-ethyl adjacent to an activating group) is 1. The van der Waals surface area contributed by atoms with Crippen molar-refractivity contribution in [2.24, 2.45) is 0 Å². The maximum absolute atomic E-state index is 11.6. The first-order valence-electron chi connectivity index (χ1n) is 5.08. The first-order chi connectivity index (χ1) is 8.04. The third kappa shape index (κ3) is 4.07. The van der Waals surface area contributed by atoms with E-state index in [1.54, 1.807) is 19.1 Å².